The summed E-state index contributed by atoms with van der Waals surface area (Å²) in [5.74, 6) is 0.681. The molecule has 2 aliphatic heterocycles. The van der Waals surface area contributed by atoms with Gasteiger partial charge in [-0.25, -0.2) is 0 Å². The number of nitrogens with zero attached hydrogens (tertiary/aromatic N) is 3. The lowest BCUT2D eigenvalue weighted by Gasteiger charge is -2.29. The third-order valence-electron chi connectivity index (χ3n) is 4.82. The topological polar surface area (TPSA) is 63.1 Å². The molecule has 2 heterocycles. The van der Waals surface area contributed by atoms with E-state index < -0.39 is 12.7 Å². The average Bonchev–Trinajstić information content (AvgIpc) is 2.98. The first-order valence-electron chi connectivity index (χ1n) is 9.60. The van der Waals surface area contributed by atoms with Crippen molar-refractivity contribution in [2.24, 2.45) is 4.99 Å². The van der Waals surface area contributed by atoms with E-state index >= 15 is 0 Å². The van der Waals surface area contributed by atoms with Gasteiger partial charge in [-0.3, -0.25) is 9.89 Å². The molecule has 0 aromatic heterocycles. The predicted octanol–water partition coefficient (Wildman–Crippen LogP) is 1.02. The van der Waals surface area contributed by atoms with E-state index in [4.69, 9.17) is 0 Å². The Bertz CT molecular complexity index is 439. The van der Waals surface area contributed by atoms with Gasteiger partial charge in [-0.2, -0.15) is 13.2 Å². The molecule has 3 N–H and O–H groups in total. The lowest BCUT2D eigenvalue weighted by atomic mass is 10.1. The fraction of sp³-hybridized carbons (Fsp3) is 0.941. The van der Waals surface area contributed by atoms with Gasteiger partial charge in [0, 0.05) is 45.3 Å². The molecule has 0 aliphatic carbocycles. The Morgan fingerprint density at radius 3 is 2.50 bits per heavy atom. The Morgan fingerprint density at radius 2 is 1.85 bits per heavy atom. The molecule has 152 valence electrons. The number of halogens is 3. The Morgan fingerprint density at radius 1 is 1.15 bits per heavy atom. The first kappa shape index (κ1) is 21.2. The Kier molecular flexibility index (Phi) is 8.43. The highest BCUT2D eigenvalue weighted by atomic mass is 19.4. The van der Waals surface area contributed by atoms with Gasteiger partial charge in [-0.05, 0) is 39.2 Å². The Balaban J connectivity index is 1.69. The van der Waals surface area contributed by atoms with Crippen molar-refractivity contribution < 1.29 is 18.3 Å². The van der Waals surface area contributed by atoms with E-state index in [9.17, 15) is 18.3 Å². The number of aliphatic imine (C=N–C) groups is 1. The van der Waals surface area contributed by atoms with Gasteiger partial charge in [0.15, 0.2) is 5.96 Å². The molecule has 26 heavy (non-hydrogen) atoms. The number of aliphatic hydroxyl groups is 1. The maximum atomic E-state index is 12.5. The maximum absolute atomic E-state index is 12.5. The van der Waals surface area contributed by atoms with E-state index in [0.29, 0.717) is 32.0 Å². The van der Waals surface area contributed by atoms with Crippen LogP contribution in [0.2, 0.25) is 0 Å². The molecular formula is C17H32F3N5O. The van der Waals surface area contributed by atoms with Crippen LogP contribution in [-0.4, -0.2) is 91.5 Å². The number of hydrogen-bond acceptors (Lipinski definition) is 4. The average molecular weight is 379 g/mol. The molecule has 0 spiro atoms. The van der Waals surface area contributed by atoms with E-state index in [2.05, 4.69) is 20.5 Å². The summed E-state index contributed by atoms with van der Waals surface area (Å²) in [7, 11) is 0. The molecule has 0 aromatic rings. The molecule has 2 rings (SSSR count). The standard InChI is InChI=1S/C17H32F3N5O/c1-2-21-16(22-7-3-8-24-10-5-15(26)6-11-24)23-14-4-9-25(12-14)13-17(18,19)20/h14-15,26H,2-13H2,1H3,(H2,21,22,23). The van der Waals surface area contributed by atoms with Crippen molar-refractivity contribution in [3.63, 3.8) is 0 Å². The Hall–Kier alpha value is -1.06. The van der Waals surface area contributed by atoms with Crippen LogP contribution in [0, 0.1) is 0 Å². The number of hydrogen-bond donors (Lipinski definition) is 3. The maximum Gasteiger partial charge on any atom is 0.401 e. The van der Waals surface area contributed by atoms with E-state index in [0.717, 1.165) is 45.4 Å². The van der Waals surface area contributed by atoms with Gasteiger partial charge in [0.05, 0.1) is 12.6 Å². The molecule has 1 unspecified atom stereocenters. The highest BCUT2D eigenvalue weighted by molar-refractivity contribution is 5.80. The zero-order valence-electron chi connectivity index (χ0n) is 15.6. The zero-order chi connectivity index (χ0) is 19.0. The zero-order valence-corrected chi connectivity index (χ0v) is 15.6. The van der Waals surface area contributed by atoms with Gasteiger partial charge < -0.3 is 20.6 Å². The van der Waals surface area contributed by atoms with E-state index in [1.54, 1.807) is 0 Å². The molecule has 0 amide bonds. The van der Waals surface area contributed by atoms with Gasteiger partial charge >= 0.3 is 6.18 Å². The summed E-state index contributed by atoms with van der Waals surface area (Å²) < 4.78 is 37.4. The summed E-state index contributed by atoms with van der Waals surface area (Å²) in [5, 5.41) is 15.9. The number of likely N-dealkylation sites (tertiary alicyclic amines) is 2. The minimum atomic E-state index is -4.14. The minimum Gasteiger partial charge on any atom is -0.393 e. The smallest absolute Gasteiger partial charge is 0.393 e. The first-order chi connectivity index (χ1) is 12.4. The highest BCUT2D eigenvalue weighted by Crippen LogP contribution is 2.19. The van der Waals surface area contributed by atoms with Gasteiger partial charge in [0.1, 0.15) is 0 Å². The van der Waals surface area contributed by atoms with Crippen molar-refractivity contribution in [2.45, 2.75) is 50.9 Å². The third-order valence-corrected chi connectivity index (χ3v) is 4.82. The van der Waals surface area contributed by atoms with E-state index in [1.165, 1.54) is 4.90 Å². The van der Waals surface area contributed by atoms with Crippen molar-refractivity contribution in [1.29, 1.82) is 0 Å². The molecule has 1 atom stereocenters. The number of alkyl halides is 3. The minimum absolute atomic E-state index is 0.00117. The van der Waals surface area contributed by atoms with Crippen molar-refractivity contribution in [3.8, 4) is 0 Å². The fourth-order valence-corrected chi connectivity index (χ4v) is 3.49. The van der Waals surface area contributed by atoms with Crippen LogP contribution in [0.4, 0.5) is 13.2 Å². The molecule has 2 fully saturated rings. The largest absolute Gasteiger partial charge is 0.401 e. The quantitative estimate of drug-likeness (QED) is 0.350. The summed E-state index contributed by atoms with van der Waals surface area (Å²) in [5.41, 5.74) is 0. The van der Waals surface area contributed by atoms with Crippen molar-refractivity contribution in [1.82, 2.24) is 20.4 Å². The lowest BCUT2D eigenvalue weighted by molar-refractivity contribution is -0.143. The molecule has 0 saturated carbocycles. The van der Waals surface area contributed by atoms with Crippen LogP contribution in [0.15, 0.2) is 4.99 Å². The predicted molar refractivity (Wildman–Crippen MR) is 96.3 cm³/mol. The summed E-state index contributed by atoms with van der Waals surface area (Å²) in [6.07, 6.45) is -1.00. The van der Waals surface area contributed by atoms with Crippen LogP contribution in [0.25, 0.3) is 0 Å². The van der Waals surface area contributed by atoms with Gasteiger partial charge in [0.2, 0.25) is 0 Å². The lowest BCUT2D eigenvalue weighted by Crippen LogP contribution is -2.45. The molecule has 2 saturated heterocycles. The van der Waals surface area contributed by atoms with Crippen molar-refractivity contribution in [2.75, 3.05) is 52.4 Å². The first-order valence-corrected chi connectivity index (χ1v) is 9.60. The fourth-order valence-electron chi connectivity index (χ4n) is 3.49. The van der Waals surface area contributed by atoms with Crippen LogP contribution in [-0.2, 0) is 0 Å². The van der Waals surface area contributed by atoms with Gasteiger partial charge in [-0.1, -0.05) is 0 Å². The van der Waals surface area contributed by atoms with Crippen molar-refractivity contribution >= 4 is 5.96 Å². The normalized spacial score (nSPS) is 24.2. The SMILES string of the molecule is CCNC(=NCCCN1CCC(O)CC1)NC1CCN(CC(F)(F)F)C1. The number of aliphatic hydroxyl groups excluding tert-OH is 1. The highest BCUT2D eigenvalue weighted by Gasteiger charge is 2.34. The molecule has 2 aliphatic rings. The molecule has 6 nitrogen and oxygen atoms in total. The summed E-state index contributed by atoms with van der Waals surface area (Å²) in [6, 6.07) is -0.00117. The number of nitrogens with one attached hydrogen (secondary N) is 2. The molecule has 0 bridgehead atoms. The third kappa shape index (κ3) is 8.09. The summed E-state index contributed by atoms with van der Waals surface area (Å²) >= 11 is 0. The van der Waals surface area contributed by atoms with Crippen LogP contribution in [0.1, 0.15) is 32.6 Å². The van der Waals surface area contributed by atoms with Crippen LogP contribution in [0.3, 0.4) is 0 Å². The summed E-state index contributed by atoms with van der Waals surface area (Å²) in [4.78, 5) is 8.33. The van der Waals surface area contributed by atoms with E-state index in [1.807, 2.05) is 6.92 Å². The monoisotopic (exact) mass is 379 g/mol. The van der Waals surface area contributed by atoms with Gasteiger partial charge in [-0.15, -0.1) is 0 Å². The second-order valence-corrected chi connectivity index (χ2v) is 7.17. The van der Waals surface area contributed by atoms with Gasteiger partial charge in [0.25, 0.3) is 0 Å². The number of piperidine rings is 1. The molecule has 0 radical (unpaired) electrons. The van der Waals surface area contributed by atoms with Crippen LogP contribution in [0.5, 0.6) is 0 Å². The second kappa shape index (κ2) is 10.3. The second-order valence-electron chi connectivity index (χ2n) is 7.17. The Labute approximate surface area is 153 Å². The molecular weight excluding hydrogens is 347 g/mol. The molecule has 9 heteroatoms. The number of rotatable bonds is 7. The summed E-state index contributed by atoms with van der Waals surface area (Å²) in [6.45, 7) is 6.18. The van der Waals surface area contributed by atoms with E-state index in [-0.39, 0.29) is 12.1 Å². The number of guanidine groups is 1. The van der Waals surface area contributed by atoms with Crippen LogP contribution < -0.4 is 10.6 Å². The van der Waals surface area contributed by atoms with Crippen molar-refractivity contribution in [3.05, 3.63) is 0 Å². The molecule has 0 aromatic carbocycles. The van der Waals surface area contributed by atoms with Crippen LogP contribution >= 0.6 is 0 Å².